The maximum absolute atomic E-state index is 12.7. The van der Waals surface area contributed by atoms with Gasteiger partial charge in [-0.25, -0.2) is 9.50 Å². The number of fused-ring (bicyclic) bond motifs is 1. The molecular weight excluding hydrogens is 430 g/mol. The molecule has 4 heterocycles. The number of anilines is 1. The van der Waals surface area contributed by atoms with Crippen molar-refractivity contribution in [2.24, 2.45) is 7.05 Å². The third-order valence-electron chi connectivity index (χ3n) is 3.85. The molecule has 2 N–H and O–H groups in total. The van der Waals surface area contributed by atoms with Crippen LogP contribution in [-0.4, -0.2) is 36.2 Å². The first-order chi connectivity index (χ1) is 13.5. The Morgan fingerprint density at radius 1 is 1.21 bits per heavy atom. The molecule has 28 heavy (non-hydrogen) atoms. The standard InChI is InChI=1S/C17H14BrN7O3/c1-24-9-11(13(22-24)16(26)20-8-10-4-2-7-28-10)21-17(27)14-12(18)15-19-5-3-6-25(15)23-14/h2-7,9H,8H2,1H3,(H,20,26)(H,21,27). The summed E-state index contributed by atoms with van der Waals surface area (Å²) in [6.07, 6.45) is 6.35. The summed E-state index contributed by atoms with van der Waals surface area (Å²) < 4.78 is 8.57. The van der Waals surface area contributed by atoms with Crippen molar-refractivity contribution in [3.63, 3.8) is 0 Å². The van der Waals surface area contributed by atoms with Gasteiger partial charge in [-0.1, -0.05) is 0 Å². The quantitative estimate of drug-likeness (QED) is 0.486. The number of nitrogens with zero attached hydrogens (tertiary/aromatic N) is 5. The van der Waals surface area contributed by atoms with Gasteiger partial charge in [0.2, 0.25) is 0 Å². The number of carbonyl (C=O) groups excluding carboxylic acids is 2. The van der Waals surface area contributed by atoms with Gasteiger partial charge in [-0.05, 0) is 34.1 Å². The van der Waals surface area contributed by atoms with E-state index in [9.17, 15) is 9.59 Å². The van der Waals surface area contributed by atoms with Crippen LogP contribution >= 0.6 is 15.9 Å². The average molecular weight is 444 g/mol. The summed E-state index contributed by atoms with van der Waals surface area (Å²) in [6.45, 7) is 0.208. The Hall–Kier alpha value is -3.47. The summed E-state index contributed by atoms with van der Waals surface area (Å²) >= 11 is 3.35. The largest absolute Gasteiger partial charge is 0.467 e. The smallest absolute Gasteiger partial charge is 0.277 e. The molecule has 142 valence electrons. The van der Waals surface area contributed by atoms with Crippen LogP contribution in [-0.2, 0) is 13.6 Å². The van der Waals surface area contributed by atoms with Crippen LogP contribution in [0, 0.1) is 0 Å². The molecule has 2 amide bonds. The molecule has 0 saturated heterocycles. The monoisotopic (exact) mass is 443 g/mol. The SMILES string of the molecule is Cn1cc(NC(=O)c2nn3cccnc3c2Br)c(C(=O)NCc2ccco2)n1. The number of carbonyl (C=O) groups is 2. The van der Waals surface area contributed by atoms with Gasteiger partial charge < -0.3 is 15.1 Å². The fourth-order valence-electron chi connectivity index (χ4n) is 2.60. The second-order valence-electron chi connectivity index (χ2n) is 5.83. The molecule has 0 fully saturated rings. The predicted molar refractivity (Wildman–Crippen MR) is 102 cm³/mol. The van der Waals surface area contributed by atoms with Crippen molar-refractivity contribution in [3.8, 4) is 0 Å². The molecule has 4 aromatic rings. The molecule has 4 rings (SSSR count). The molecule has 0 saturated carbocycles. The number of amides is 2. The number of nitrogens with one attached hydrogen (secondary N) is 2. The molecule has 0 unspecified atom stereocenters. The number of halogens is 1. The maximum atomic E-state index is 12.7. The van der Waals surface area contributed by atoms with Crippen LogP contribution < -0.4 is 10.6 Å². The molecule has 0 aromatic carbocycles. The molecule has 0 radical (unpaired) electrons. The summed E-state index contributed by atoms with van der Waals surface area (Å²) in [7, 11) is 1.66. The lowest BCUT2D eigenvalue weighted by Crippen LogP contribution is -2.25. The van der Waals surface area contributed by atoms with Crippen LogP contribution in [0.15, 0.2) is 51.9 Å². The van der Waals surface area contributed by atoms with Crippen LogP contribution in [0.5, 0.6) is 0 Å². The van der Waals surface area contributed by atoms with Crippen molar-refractivity contribution in [2.45, 2.75) is 6.54 Å². The van der Waals surface area contributed by atoms with Gasteiger partial charge in [-0.15, -0.1) is 0 Å². The van der Waals surface area contributed by atoms with Gasteiger partial charge in [0.05, 0.1) is 23.0 Å². The van der Waals surface area contributed by atoms with Gasteiger partial charge in [0.25, 0.3) is 11.8 Å². The molecule has 11 heteroatoms. The van der Waals surface area contributed by atoms with Gasteiger partial charge in [-0.2, -0.15) is 10.2 Å². The lowest BCUT2D eigenvalue weighted by molar-refractivity contribution is 0.0943. The minimum Gasteiger partial charge on any atom is -0.467 e. The van der Waals surface area contributed by atoms with Crippen molar-refractivity contribution in [3.05, 3.63) is 64.7 Å². The molecule has 10 nitrogen and oxygen atoms in total. The summed E-state index contributed by atoms with van der Waals surface area (Å²) in [5.41, 5.74) is 1.00. The fourth-order valence-corrected chi connectivity index (χ4v) is 3.14. The summed E-state index contributed by atoms with van der Waals surface area (Å²) in [5.74, 6) is -0.329. The number of aromatic nitrogens is 5. The van der Waals surface area contributed by atoms with Gasteiger partial charge in [0.15, 0.2) is 17.0 Å². The van der Waals surface area contributed by atoms with E-state index in [-0.39, 0.29) is 23.6 Å². The third-order valence-corrected chi connectivity index (χ3v) is 4.58. The molecule has 0 aliphatic carbocycles. The minimum absolute atomic E-state index is 0.0837. The Labute approximate surface area is 166 Å². The van der Waals surface area contributed by atoms with Gasteiger partial charge in [-0.3, -0.25) is 14.3 Å². The van der Waals surface area contributed by atoms with E-state index in [4.69, 9.17) is 4.42 Å². The second-order valence-corrected chi connectivity index (χ2v) is 6.62. The average Bonchev–Trinajstić information content (AvgIpc) is 3.40. The van der Waals surface area contributed by atoms with Gasteiger partial charge in [0, 0.05) is 25.6 Å². The Morgan fingerprint density at radius 2 is 2.07 bits per heavy atom. The van der Waals surface area contributed by atoms with Crippen molar-refractivity contribution < 1.29 is 14.0 Å². The second kappa shape index (κ2) is 7.27. The van der Waals surface area contributed by atoms with E-state index in [2.05, 4.69) is 41.7 Å². The fraction of sp³-hybridized carbons (Fsp3) is 0.118. The lowest BCUT2D eigenvalue weighted by atomic mass is 10.3. The molecular formula is C17H14BrN7O3. The predicted octanol–water partition coefficient (Wildman–Crippen LogP) is 2.00. The molecule has 0 aliphatic rings. The Balaban J connectivity index is 1.55. The van der Waals surface area contributed by atoms with Crippen molar-refractivity contribution in [1.29, 1.82) is 0 Å². The highest BCUT2D eigenvalue weighted by atomic mass is 79.9. The van der Waals surface area contributed by atoms with Crippen LogP contribution in [0.4, 0.5) is 5.69 Å². The Kier molecular flexibility index (Phi) is 4.65. The van der Waals surface area contributed by atoms with Crippen LogP contribution in [0.2, 0.25) is 0 Å². The summed E-state index contributed by atoms with van der Waals surface area (Å²) in [4.78, 5) is 29.4. The topological polar surface area (TPSA) is 119 Å². The van der Waals surface area contributed by atoms with E-state index in [1.165, 1.54) is 15.5 Å². The van der Waals surface area contributed by atoms with E-state index in [0.29, 0.717) is 15.9 Å². The van der Waals surface area contributed by atoms with E-state index in [1.807, 2.05) is 0 Å². The number of furan rings is 1. The first-order valence-corrected chi connectivity index (χ1v) is 8.96. The minimum atomic E-state index is -0.495. The maximum Gasteiger partial charge on any atom is 0.277 e. The van der Waals surface area contributed by atoms with E-state index < -0.39 is 11.8 Å². The van der Waals surface area contributed by atoms with Crippen molar-refractivity contribution >= 4 is 39.1 Å². The first-order valence-electron chi connectivity index (χ1n) is 8.17. The van der Waals surface area contributed by atoms with Crippen LogP contribution in [0.25, 0.3) is 5.65 Å². The van der Waals surface area contributed by atoms with E-state index >= 15 is 0 Å². The van der Waals surface area contributed by atoms with Crippen LogP contribution in [0.1, 0.15) is 26.7 Å². The molecule has 4 aromatic heterocycles. The highest BCUT2D eigenvalue weighted by Crippen LogP contribution is 2.22. The molecule has 0 aliphatic heterocycles. The number of hydrogen-bond donors (Lipinski definition) is 2. The molecule has 0 spiro atoms. The molecule has 0 atom stereocenters. The first kappa shape index (κ1) is 17.9. The number of hydrogen-bond acceptors (Lipinski definition) is 6. The third kappa shape index (κ3) is 3.39. The number of aryl methyl sites for hydroxylation is 1. The van der Waals surface area contributed by atoms with Crippen LogP contribution in [0.3, 0.4) is 0 Å². The Morgan fingerprint density at radius 3 is 2.82 bits per heavy atom. The van der Waals surface area contributed by atoms with Gasteiger partial charge >= 0.3 is 0 Å². The van der Waals surface area contributed by atoms with Crippen molar-refractivity contribution in [1.82, 2.24) is 29.7 Å². The highest BCUT2D eigenvalue weighted by Gasteiger charge is 2.22. The van der Waals surface area contributed by atoms with Gasteiger partial charge in [0.1, 0.15) is 5.76 Å². The highest BCUT2D eigenvalue weighted by molar-refractivity contribution is 9.10. The summed E-state index contributed by atoms with van der Waals surface area (Å²) in [6, 6.07) is 5.18. The lowest BCUT2D eigenvalue weighted by Gasteiger charge is -2.05. The normalized spacial score (nSPS) is 10.9. The zero-order chi connectivity index (χ0) is 19.7. The Bertz CT molecular complexity index is 1160. The van der Waals surface area contributed by atoms with E-state index in [0.717, 1.165) is 0 Å². The zero-order valence-corrected chi connectivity index (χ0v) is 16.2. The zero-order valence-electron chi connectivity index (χ0n) is 14.6. The number of rotatable bonds is 5. The van der Waals surface area contributed by atoms with Crippen molar-refractivity contribution in [2.75, 3.05) is 5.32 Å². The molecule has 0 bridgehead atoms. The summed E-state index contributed by atoms with van der Waals surface area (Å²) in [5, 5.41) is 13.7. The van der Waals surface area contributed by atoms with E-state index in [1.54, 1.807) is 43.8 Å².